The van der Waals surface area contributed by atoms with Gasteiger partial charge in [-0.1, -0.05) is 42.5 Å². The van der Waals surface area contributed by atoms with Crippen molar-refractivity contribution >= 4 is 39.1 Å². The van der Waals surface area contributed by atoms with Crippen molar-refractivity contribution < 1.29 is 4.57 Å². The number of hydrogen-bond acceptors (Lipinski definition) is 3. The van der Waals surface area contributed by atoms with Crippen molar-refractivity contribution in [1.29, 1.82) is 0 Å². The van der Waals surface area contributed by atoms with Gasteiger partial charge in [0.15, 0.2) is 0 Å². The number of nitrogens with one attached hydrogen (secondary N) is 1. The molecule has 0 fully saturated rings. The molecule has 4 aromatic carbocycles. The number of fused-ring (bicyclic) bond motifs is 2. The van der Waals surface area contributed by atoms with Crippen LogP contribution in [0.3, 0.4) is 0 Å². The molecule has 0 amide bonds. The van der Waals surface area contributed by atoms with Crippen LogP contribution in [0.4, 0.5) is 17.1 Å². The average Bonchev–Trinajstić information content (AvgIpc) is 2.74. The van der Waals surface area contributed by atoms with E-state index in [4.69, 9.17) is 10.7 Å². The molecule has 0 bridgehead atoms. The molecule has 134 valence electrons. The minimum absolute atomic E-state index is 0.715. The molecule has 28 heavy (non-hydrogen) atoms. The number of benzene rings is 4. The van der Waals surface area contributed by atoms with Gasteiger partial charge in [-0.15, -0.1) is 4.57 Å². The second kappa shape index (κ2) is 6.67. The number of nitrogen functional groups attached to an aromatic ring is 1. The van der Waals surface area contributed by atoms with Crippen molar-refractivity contribution in [3.05, 3.63) is 97.1 Å². The summed E-state index contributed by atoms with van der Waals surface area (Å²) in [6, 6.07) is 32.5. The fourth-order valence-electron chi connectivity index (χ4n) is 3.54. The molecular weight excluding hydrogens is 344 g/mol. The fraction of sp³-hybridized carbons (Fsp3) is 0. The summed E-state index contributed by atoms with van der Waals surface area (Å²) in [7, 11) is 0. The highest BCUT2D eigenvalue weighted by molar-refractivity contribution is 5.92. The van der Waals surface area contributed by atoms with Crippen LogP contribution < -0.4 is 15.6 Å². The molecule has 0 aliphatic rings. The van der Waals surface area contributed by atoms with Crippen LogP contribution in [0.1, 0.15) is 0 Å². The molecule has 3 N–H and O–H groups in total. The largest absolute Gasteiger partial charge is 0.399 e. The zero-order chi connectivity index (χ0) is 18.9. The highest BCUT2D eigenvalue weighted by Gasteiger charge is 2.22. The van der Waals surface area contributed by atoms with Crippen molar-refractivity contribution in [2.45, 2.75) is 0 Å². The smallest absolute Gasteiger partial charge is 0.261 e. The molecule has 0 radical (unpaired) electrons. The van der Waals surface area contributed by atoms with E-state index in [2.05, 4.69) is 40.2 Å². The third-order valence-electron chi connectivity index (χ3n) is 4.79. The van der Waals surface area contributed by atoms with Crippen molar-refractivity contribution in [2.24, 2.45) is 0 Å². The Morgan fingerprint density at radius 3 is 2.25 bits per heavy atom. The van der Waals surface area contributed by atoms with Crippen LogP contribution in [0.25, 0.3) is 27.8 Å². The average molecular weight is 363 g/mol. The summed E-state index contributed by atoms with van der Waals surface area (Å²) in [5.41, 5.74) is 13.7. The van der Waals surface area contributed by atoms with E-state index in [1.54, 1.807) is 0 Å². The molecule has 0 atom stereocenters. The molecule has 0 saturated heterocycles. The van der Waals surface area contributed by atoms with E-state index in [-0.39, 0.29) is 0 Å². The van der Waals surface area contributed by atoms with Crippen molar-refractivity contribution in [3.63, 3.8) is 0 Å². The summed E-state index contributed by atoms with van der Waals surface area (Å²) < 4.78 is 2.22. The number of hydrogen-bond donors (Lipinski definition) is 2. The van der Waals surface area contributed by atoms with Gasteiger partial charge in [0.25, 0.3) is 5.52 Å². The molecule has 4 heteroatoms. The lowest BCUT2D eigenvalue weighted by molar-refractivity contribution is -0.537. The van der Waals surface area contributed by atoms with Crippen LogP contribution in [-0.2, 0) is 0 Å². The topological polar surface area (TPSA) is 54.8 Å². The minimum atomic E-state index is 0.715. The molecule has 1 aromatic heterocycles. The monoisotopic (exact) mass is 363 g/mol. The summed E-state index contributed by atoms with van der Waals surface area (Å²) in [6.07, 6.45) is 0. The summed E-state index contributed by atoms with van der Waals surface area (Å²) in [5.74, 6) is 0. The maximum atomic E-state index is 6.12. The van der Waals surface area contributed by atoms with E-state index in [0.717, 1.165) is 39.1 Å². The van der Waals surface area contributed by atoms with Gasteiger partial charge in [-0.3, -0.25) is 0 Å². The van der Waals surface area contributed by atoms with Crippen LogP contribution >= 0.6 is 0 Å². The third-order valence-corrected chi connectivity index (χ3v) is 4.79. The number of anilines is 3. The molecule has 0 spiro atoms. The Kier molecular flexibility index (Phi) is 3.87. The van der Waals surface area contributed by atoms with E-state index in [9.17, 15) is 0 Å². The third kappa shape index (κ3) is 2.81. The van der Waals surface area contributed by atoms with Crippen LogP contribution in [0.15, 0.2) is 97.1 Å². The van der Waals surface area contributed by atoms with E-state index in [0.29, 0.717) is 5.69 Å². The Morgan fingerprint density at radius 2 is 1.46 bits per heavy atom. The molecule has 1 heterocycles. The van der Waals surface area contributed by atoms with Crippen LogP contribution in [0.5, 0.6) is 0 Å². The molecule has 4 nitrogen and oxygen atoms in total. The van der Waals surface area contributed by atoms with Crippen molar-refractivity contribution in [1.82, 2.24) is 4.98 Å². The van der Waals surface area contributed by atoms with Crippen LogP contribution in [0, 0.1) is 0 Å². The zero-order valence-corrected chi connectivity index (χ0v) is 15.2. The Balaban J connectivity index is 1.88. The molecule has 0 aliphatic heterocycles. The van der Waals surface area contributed by atoms with Gasteiger partial charge in [-0.05, 0) is 36.4 Å². The second-order valence-corrected chi connectivity index (χ2v) is 6.70. The number of para-hydroxylation sites is 3. The normalized spacial score (nSPS) is 11.0. The summed E-state index contributed by atoms with van der Waals surface area (Å²) >= 11 is 0. The molecule has 0 aliphatic carbocycles. The van der Waals surface area contributed by atoms with Gasteiger partial charge in [0.05, 0.1) is 0 Å². The van der Waals surface area contributed by atoms with E-state index in [1.807, 2.05) is 66.7 Å². The Morgan fingerprint density at radius 1 is 0.714 bits per heavy atom. The summed E-state index contributed by atoms with van der Waals surface area (Å²) in [4.78, 5) is 4.89. The van der Waals surface area contributed by atoms with Gasteiger partial charge in [-0.25, -0.2) is 4.98 Å². The lowest BCUT2D eigenvalue weighted by Crippen LogP contribution is -2.34. The fourth-order valence-corrected chi connectivity index (χ4v) is 3.54. The molecular formula is C24H19N4+. The predicted molar refractivity (Wildman–Crippen MR) is 115 cm³/mol. The second-order valence-electron chi connectivity index (χ2n) is 6.70. The Bertz CT molecular complexity index is 1280. The minimum Gasteiger partial charge on any atom is -0.399 e. The van der Waals surface area contributed by atoms with Crippen molar-refractivity contribution in [2.75, 3.05) is 11.1 Å². The lowest BCUT2D eigenvalue weighted by atomic mass is 10.1. The molecule has 0 unspecified atom stereocenters. The standard InChI is InChI=1S/C24H18N4/c25-17-14-15-20-23(16-17)28(19-10-5-2-6-11-19)24-21(12-7-13-22(24)27-20)26-18-8-3-1-4-9-18/h1-16,25-26H/p+1. The van der Waals surface area contributed by atoms with Gasteiger partial charge in [0.1, 0.15) is 16.7 Å². The number of nitrogens with two attached hydrogens (primary N) is 1. The maximum absolute atomic E-state index is 6.12. The van der Waals surface area contributed by atoms with Crippen molar-refractivity contribution in [3.8, 4) is 5.69 Å². The Labute approximate surface area is 162 Å². The zero-order valence-electron chi connectivity index (χ0n) is 15.2. The summed E-state index contributed by atoms with van der Waals surface area (Å²) in [5, 5.41) is 3.54. The number of aromatic nitrogens is 2. The van der Waals surface area contributed by atoms with Gasteiger partial charge < -0.3 is 11.1 Å². The van der Waals surface area contributed by atoms with Gasteiger partial charge in [-0.2, -0.15) is 0 Å². The van der Waals surface area contributed by atoms with E-state index >= 15 is 0 Å². The SMILES string of the molecule is Nc1ccc2nc3cccc(Nc4ccccc4)c3[n+](-c3ccccc3)c2c1. The quantitative estimate of drug-likeness (QED) is 0.270. The Hall–Kier alpha value is -3.92. The number of rotatable bonds is 3. The first-order valence-corrected chi connectivity index (χ1v) is 9.21. The predicted octanol–water partition coefficient (Wildman–Crippen LogP) is 4.99. The first-order chi connectivity index (χ1) is 13.8. The molecule has 5 rings (SSSR count). The highest BCUT2D eigenvalue weighted by atomic mass is 15.0. The van der Waals surface area contributed by atoms with E-state index < -0.39 is 0 Å². The molecule has 0 saturated carbocycles. The first kappa shape index (κ1) is 16.3. The highest BCUT2D eigenvalue weighted by Crippen LogP contribution is 2.27. The van der Waals surface area contributed by atoms with Gasteiger partial charge >= 0.3 is 0 Å². The van der Waals surface area contributed by atoms with Gasteiger partial charge in [0.2, 0.25) is 11.2 Å². The van der Waals surface area contributed by atoms with Crippen LogP contribution in [0.2, 0.25) is 0 Å². The number of nitrogens with zero attached hydrogens (tertiary/aromatic N) is 2. The lowest BCUT2D eigenvalue weighted by Gasteiger charge is -2.11. The first-order valence-electron chi connectivity index (χ1n) is 9.21. The van der Waals surface area contributed by atoms with Gasteiger partial charge in [0, 0.05) is 29.6 Å². The molecule has 5 aromatic rings. The van der Waals surface area contributed by atoms with E-state index in [1.165, 1.54) is 0 Å². The maximum Gasteiger partial charge on any atom is 0.261 e. The van der Waals surface area contributed by atoms with Crippen LogP contribution in [-0.4, -0.2) is 4.98 Å². The summed E-state index contributed by atoms with van der Waals surface area (Å²) in [6.45, 7) is 0.